The number of rotatable bonds is 4. The normalized spacial score (nSPS) is 18.1. The molecule has 0 radical (unpaired) electrons. The van der Waals surface area contributed by atoms with E-state index in [1.165, 1.54) is 0 Å². The van der Waals surface area contributed by atoms with Crippen LogP contribution in [-0.4, -0.2) is 18.1 Å². The van der Waals surface area contributed by atoms with E-state index in [4.69, 9.17) is 10.5 Å². The molecular formula is C15H19NO2. The predicted octanol–water partition coefficient (Wildman–Crippen LogP) is 2.51. The molecule has 1 saturated carbocycles. The lowest BCUT2D eigenvalue weighted by atomic mass is 10.00. The highest BCUT2D eigenvalue weighted by molar-refractivity contribution is 5.81. The number of hydrogen-bond donors (Lipinski definition) is 1. The Hall–Kier alpha value is -1.61. The van der Waals surface area contributed by atoms with Crippen molar-refractivity contribution in [3.8, 4) is 0 Å². The molecule has 1 aromatic rings. The third kappa shape index (κ3) is 3.20. The third-order valence-electron chi connectivity index (χ3n) is 3.32. The Labute approximate surface area is 108 Å². The molecule has 0 spiro atoms. The topological polar surface area (TPSA) is 52.3 Å². The Morgan fingerprint density at radius 3 is 2.61 bits per heavy atom. The monoisotopic (exact) mass is 245 g/mol. The average Bonchev–Trinajstić information content (AvgIpc) is 2.84. The molecule has 3 nitrogen and oxygen atoms in total. The van der Waals surface area contributed by atoms with Gasteiger partial charge in [0.1, 0.15) is 12.1 Å². The summed E-state index contributed by atoms with van der Waals surface area (Å²) in [5.41, 5.74) is 6.36. The van der Waals surface area contributed by atoms with Crippen LogP contribution >= 0.6 is 0 Å². The standard InChI is InChI=1S/C15H19NO2/c16-15(10-4-5-11-15)14(17)18-12-6-9-13-7-2-1-3-8-13/h1-3,6-9H,4-5,10-12,16H2/b9-6+. The fourth-order valence-electron chi connectivity index (χ4n) is 2.23. The van der Waals surface area contributed by atoms with Crippen LogP contribution < -0.4 is 5.73 Å². The van der Waals surface area contributed by atoms with Gasteiger partial charge in [-0.15, -0.1) is 0 Å². The number of ether oxygens (including phenoxy) is 1. The van der Waals surface area contributed by atoms with Crippen LogP contribution in [0.5, 0.6) is 0 Å². The lowest BCUT2D eigenvalue weighted by Gasteiger charge is -2.20. The van der Waals surface area contributed by atoms with Crippen molar-refractivity contribution in [3.63, 3.8) is 0 Å². The van der Waals surface area contributed by atoms with Gasteiger partial charge in [0, 0.05) is 0 Å². The van der Waals surface area contributed by atoms with Gasteiger partial charge < -0.3 is 10.5 Å². The molecule has 2 N–H and O–H groups in total. The highest BCUT2D eigenvalue weighted by Crippen LogP contribution is 2.28. The van der Waals surface area contributed by atoms with Crippen LogP contribution in [0.3, 0.4) is 0 Å². The molecule has 1 aromatic carbocycles. The second-order valence-corrected chi connectivity index (χ2v) is 4.77. The summed E-state index contributed by atoms with van der Waals surface area (Å²) in [7, 11) is 0. The molecule has 0 aliphatic heterocycles. The van der Waals surface area contributed by atoms with E-state index in [0.717, 1.165) is 31.2 Å². The van der Waals surface area contributed by atoms with Crippen molar-refractivity contribution in [2.45, 2.75) is 31.2 Å². The second-order valence-electron chi connectivity index (χ2n) is 4.77. The fraction of sp³-hybridized carbons (Fsp3) is 0.400. The largest absolute Gasteiger partial charge is 0.460 e. The smallest absolute Gasteiger partial charge is 0.326 e. The molecule has 0 amide bonds. The highest BCUT2D eigenvalue weighted by Gasteiger charge is 2.38. The van der Waals surface area contributed by atoms with Crippen LogP contribution in [-0.2, 0) is 9.53 Å². The van der Waals surface area contributed by atoms with E-state index >= 15 is 0 Å². The third-order valence-corrected chi connectivity index (χ3v) is 3.32. The minimum atomic E-state index is -0.736. The van der Waals surface area contributed by atoms with Gasteiger partial charge in [-0.1, -0.05) is 49.2 Å². The van der Waals surface area contributed by atoms with Crippen LogP contribution in [0, 0.1) is 0 Å². The fourth-order valence-corrected chi connectivity index (χ4v) is 2.23. The Kier molecular flexibility index (Phi) is 4.15. The van der Waals surface area contributed by atoms with Crippen molar-refractivity contribution in [1.29, 1.82) is 0 Å². The van der Waals surface area contributed by atoms with E-state index in [0.29, 0.717) is 0 Å². The lowest BCUT2D eigenvalue weighted by Crippen LogP contribution is -2.46. The quantitative estimate of drug-likeness (QED) is 0.829. The average molecular weight is 245 g/mol. The summed E-state index contributed by atoms with van der Waals surface area (Å²) < 4.78 is 5.20. The molecule has 0 bridgehead atoms. The second kappa shape index (κ2) is 5.83. The Morgan fingerprint density at radius 1 is 1.28 bits per heavy atom. The van der Waals surface area contributed by atoms with Crippen LogP contribution in [0.2, 0.25) is 0 Å². The molecule has 3 heteroatoms. The van der Waals surface area contributed by atoms with Gasteiger partial charge in [-0.2, -0.15) is 0 Å². The highest BCUT2D eigenvalue weighted by atomic mass is 16.5. The summed E-state index contributed by atoms with van der Waals surface area (Å²) in [6, 6.07) is 9.91. The van der Waals surface area contributed by atoms with Gasteiger partial charge in [-0.25, -0.2) is 0 Å². The molecular weight excluding hydrogens is 226 g/mol. The predicted molar refractivity (Wildman–Crippen MR) is 71.8 cm³/mol. The zero-order valence-electron chi connectivity index (χ0n) is 10.5. The van der Waals surface area contributed by atoms with Crippen molar-refractivity contribution >= 4 is 12.0 Å². The maximum absolute atomic E-state index is 11.8. The summed E-state index contributed by atoms with van der Waals surface area (Å²) >= 11 is 0. The first-order valence-corrected chi connectivity index (χ1v) is 6.38. The summed E-state index contributed by atoms with van der Waals surface area (Å²) in [4.78, 5) is 11.8. The zero-order chi connectivity index (χ0) is 12.8. The van der Waals surface area contributed by atoms with Crippen molar-refractivity contribution in [1.82, 2.24) is 0 Å². The number of hydrogen-bond acceptors (Lipinski definition) is 3. The molecule has 1 aliphatic carbocycles. The Morgan fingerprint density at radius 2 is 1.94 bits per heavy atom. The number of carbonyl (C=O) groups is 1. The number of nitrogens with two attached hydrogens (primary N) is 1. The van der Waals surface area contributed by atoms with Crippen LogP contribution in [0.1, 0.15) is 31.2 Å². The van der Waals surface area contributed by atoms with Crippen LogP contribution in [0.25, 0.3) is 6.08 Å². The van der Waals surface area contributed by atoms with Gasteiger partial charge in [0.25, 0.3) is 0 Å². The first kappa shape index (κ1) is 12.8. The van der Waals surface area contributed by atoms with Gasteiger partial charge >= 0.3 is 5.97 Å². The molecule has 96 valence electrons. The van der Waals surface area contributed by atoms with Gasteiger partial charge in [0.05, 0.1) is 0 Å². The van der Waals surface area contributed by atoms with E-state index in [-0.39, 0.29) is 12.6 Å². The Bertz CT molecular complexity index is 419. The van der Waals surface area contributed by atoms with Gasteiger partial charge in [-0.3, -0.25) is 4.79 Å². The first-order chi connectivity index (χ1) is 8.71. The van der Waals surface area contributed by atoms with Crippen LogP contribution in [0.15, 0.2) is 36.4 Å². The van der Waals surface area contributed by atoms with E-state index < -0.39 is 5.54 Å². The Balaban J connectivity index is 1.79. The molecule has 0 unspecified atom stereocenters. The van der Waals surface area contributed by atoms with Gasteiger partial charge in [0.15, 0.2) is 0 Å². The number of benzene rings is 1. The van der Waals surface area contributed by atoms with Crippen molar-refractivity contribution in [2.24, 2.45) is 5.73 Å². The summed E-state index contributed by atoms with van der Waals surface area (Å²) in [5.74, 6) is -0.266. The van der Waals surface area contributed by atoms with Crippen molar-refractivity contribution in [2.75, 3.05) is 6.61 Å². The SMILES string of the molecule is NC1(C(=O)OC/C=C/c2ccccc2)CCCC1. The van der Waals surface area contributed by atoms with Gasteiger partial charge in [0.2, 0.25) is 0 Å². The van der Waals surface area contributed by atoms with E-state index in [9.17, 15) is 4.79 Å². The molecule has 0 saturated heterocycles. The molecule has 0 aromatic heterocycles. The molecule has 1 fully saturated rings. The maximum Gasteiger partial charge on any atom is 0.326 e. The van der Waals surface area contributed by atoms with Gasteiger partial charge in [-0.05, 0) is 24.5 Å². The van der Waals surface area contributed by atoms with Crippen LogP contribution in [0.4, 0.5) is 0 Å². The van der Waals surface area contributed by atoms with E-state index in [2.05, 4.69) is 0 Å². The lowest BCUT2D eigenvalue weighted by molar-refractivity contribution is -0.148. The zero-order valence-corrected chi connectivity index (χ0v) is 10.5. The first-order valence-electron chi connectivity index (χ1n) is 6.38. The molecule has 18 heavy (non-hydrogen) atoms. The molecule has 1 aliphatic rings. The molecule has 2 rings (SSSR count). The van der Waals surface area contributed by atoms with Crippen molar-refractivity contribution < 1.29 is 9.53 Å². The summed E-state index contributed by atoms with van der Waals surface area (Å²) in [5, 5.41) is 0. The number of esters is 1. The van der Waals surface area contributed by atoms with Crippen molar-refractivity contribution in [3.05, 3.63) is 42.0 Å². The number of carbonyl (C=O) groups excluding carboxylic acids is 1. The molecule has 0 heterocycles. The van der Waals surface area contributed by atoms with E-state index in [1.807, 2.05) is 42.5 Å². The summed E-state index contributed by atoms with van der Waals surface area (Å²) in [6.45, 7) is 0.284. The maximum atomic E-state index is 11.8. The minimum absolute atomic E-state index is 0.266. The summed E-state index contributed by atoms with van der Waals surface area (Å²) in [6.07, 6.45) is 7.30. The van der Waals surface area contributed by atoms with E-state index in [1.54, 1.807) is 0 Å². The molecule has 0 atom stereocenters. The minimum Gasteiger partial charge on any atom is -0.460 e.